The molecule has 0 saturated carbocycles. The molecule has 0 spiro atoms. The van der Waals surface area contributed by atoms with Crippen LogP contribution in [0.4, 0.5) is 11.4 Å². The van der Waals surface area contributed by atoms with Crippen LogP contribution in [0.25, 0.3) is 71.6 Å². The zero-order valence-corrected chi connectivity index (χ0v) is 25.9. The first-order valence-electron chi connectivity index (χ1n) is 16.5. The summed E-state index contributed by atoms with van der Waals surface area (Å²) in [5.41, 5.74) is 15.2. The number of fused-ring (bicyclic) bond motifs is 10. The molecule has 1 atom stereocenters. The van der Waals surface area contributed by atoms with Gasteiger partial charge in [0.2, 0.25) is 0 Å². The molecule has 11 rings (SSSR count). The van der Waals surface area contributed by atoms with E-state index < -0.39 is 0 Å². The molecule has 2 aromatic heterocycles. The van der Waals surface area contributed by atoms with Gasteiger partial charge in [-0.25, -0.2) is 4.99 Å². The van der Waals surface area contributed by atoms with Gasteiger partial charge in [-0.2, -0.15) is 0 Å². The van der Waals surface area contributed by atoms with Gasteiger partial charge in [0.15, 0.2) is 0 Å². The molecule has 2 aliphatic rings. The van der Waals surface area contributed by atoms with Crippen molar-refractivity contribution in [1.82, 2.24) is 9.13 Å². The first-order chi connectivity index (χ1) is 23.8. The molecule has 0 saturated heterocycles. The van der Waals surface area contributed by atoms with Gasteiger partial charge in [0, 0.05) is 32.8 Å². The number of para-hydroxylation sites is 4. The summed E-state index contributed by atoms with van der Waals surface area (Å²) >= 11 is 0. The lowest BCUT2D eigenvalue weighted by atomic mass is 9.95. The molecule has 0 amide bonds. The Morgan fingerprint density at radius 1 is 0.479 bits per heavy atom. The third kappa shape index (κ3) is 3.52. The molecule has 0 aliphatic carbocycles. The molecule has 4 nitrogen and oxygen atoms in total. The lowest BCUT2D eigenvalue weighted by Crippen LogP contribution is -2.24. The second-order valence-corrected chi connectivity index (χ2v) is 12.9. The van der Waals surface area contributed by atoms with Crippen LogP contribution in [0, 0.1) is 0 Å². The van der Waals surface area contributed by atoms with E-state index in [0.717, 1.165) is 22.8 Å². The third-order valence-electron chi connectivity index (χ3n) is 10.3. The molecule has 0 radical (unpaired) electrons. The van der Waals surface area contributed by atoms with Crippen LogP contribution in [0.15, 0.2) is 163 Å². The molecule has 48 heavy (non-hydrogen) atoms. The van der Waals surface area contributed by atoms with E-state index in [1.54, 1.807) is 0 Å². The Balaban J connectivity index is 1.16. The van der Waals surface area contributed by atoms with E-state index in [1.165, 1.54) is 71.4 Å². The number of benzene rings is 7. The highest BCUT2D eigenvalue weighted by atomic mass is 15.2. The van der Waals surface area contributed by atoms with Crippen molar-refractivity contribution >= 4 is 60.7 Å². The van der Waals surface area contributed by atoms with E-state index in [0.29, 0.717) is 0 Å². The van der Waals surface area contributed by atoms with Gasteiger partial charge in [-0.3, -0.25) is 0 Å². The molecule has 4 heteroatoms. The predicted octanol–water partition coefficient (Wildman–Crippen LogP) is 11.3. The molecule has 4 heterocycles. The molecule has 1 N–H and O–H groups in total. The Labute approximate surface area is 276 Å². The summed E-state index contributed by atoms with van der Waals surface area (Å²) in [6.07, 6.45) is -0.0438. The summed E-state index contributed by atoms with van der Waals surface area (Å²) in [4.78, 5) is 5.25. The lowest BCUT2D eigenvalue weighted by molar-refractivity contribution is 0.779. The monoisotopic (exact) mass is 612 g/mol. The largest absolute Gasteiger partial charge is 0.358 e. The van der Waals surface area contributed by atoms with Crippen molar-refractivity contribution in [1.29, 1.82) is 0 Å². The number of nitrogens with one attached hydrogen (secondary N) is 1. The Bertz CT molecular complexity index is 2800. The highest BCUT2D eigenvalue weighted by Gasteiger charge is 2.36. The van der Waals surface area contributed by atoms with Gasteiger partial charge < -0.3 is 14.5 Å². The molecule has 9 aromatic rings. The average molecular weight is 613 g/mol. The first-order valence-corrected chi connectivity index (χ1v) is 16.5. The second kappa shape index (κ2) is 9.57. The van der Waals surface area contributed by atoms with Crippen molar-refractivity contribution < 1.29 is 0 Å². The number of hydrogen-bond acceptors (Lipinski definition) is 2. The molecular weight excluding hydrogens is 585 g/mol. The van der Waals surface area contributed by atoms with Crippen molar-refractivity contribution in [2.45, 2.75) is 6.17 Å². The maximum atomic E-state index is 5.25. The van der Waals surface area contributed by atoms with Gasteiger partial charge in [0.1, 0.15) is 6.17 Å². The fraction of sp³-hybridized carbons (Fsp3) is 0.0227. The quantitative estimate of drug-likeness (QED) is 0.212. The zero-order valence-electron chi connectivity index (χ0n) is 25.9. The number of hydrogen-bond donors (Lipinski definition) is 1. The lowest BCUT2D eigenvalue weighted by Gasteiger charge is -2.25. The normalized spacial score (nSPS) is 14.8. The standard InChI is InChI=1S/C44H28N4/c1-3-11-27(12-4-1)29-19-21-33-34-23-28(20-22-40(34)47(41(33)26-29)31-13-5-2-6-14-31)30-24-35-32-15-7-10-18-39(32)48-43(35)36(25-30)42-44(48)46-38-17-9-8-16-37(38)45-42/h1-26,44,46H. The maximum absolute atomic E-state index is 5.25. The number of rotatable bonds is 3. The van der Waals surface area contributed by atoms with Crippen LogP contribution in [0.5, 0.6) is 0 Å². The summed E-state index contributed by atoms with van der Waals surface area (Å²) in [6.45, 7) is 0. The Hall–Kier alpha value is -6.39. The van der Waals surface area contributed by atoms with Crippen LogP contribution >= 0.6 is 0 Å². The van der Waals surface area contributed by atoms with Gasteiger partial charge in [0.25, 0.3) is 0 Å². The van der Waals surface area contributed by atoms with E-state index in [-0.39, 0.29) is 6.17 Å². The smallest absolute Gasteiger partial charge is 0.148 e. The van der Waals surface area contributed by atoms with E-state index in [9.17, 15) is 0 Å². The maximum Gasteiger partial charge on any atom is 0.148 e. The minimum absolute atomic E-state index is 0.0438. The first kappa shape index (κ1) is 25.8. The number of aliphatic imine (C=N–C) groups is 1. The van der Waals surface area contributed by atoms with E-state index in [4.69, 9.17) is 4.99 Å². The van der Waals surface area contributed by atoms with Crippen molar-refractivity contribution in [2.24, 2.45) is 4.99 Å². The Morgan fingerprint density at radius 2 is 1.19 bits per heavy atom. The van der Waals surface area contributed by atoms with Gasteiger partial charge in [-0.05, 0) is 82.9 Å². The average Bonchev–Trinajstić information content (AvgIpc) is 3.78. The van der Waals surface area contributed by atoms with E-state index >= 15 is 0 Å². The molecule has 0 fully saturated rings. The van der Waals surface area contributed by atoms with Crippen LogP contribution in [-0.4, -0.2) is 14.8 Å². The van der Waals surface area contributed by atoms with Crippen LogP contribution in [0.2, 0.25) is 0 Å². The van der Waals surface area contributed by atoms with Crippen molar-refractivity contribution in [3.05, 3.63) is 163 Å². The van der Waals surface area contributed by atoms with E-state index in [1.807, 2.05) is 0 Å². The number of nitrogens with zero attached hydrogens (tertiary/aromatic N) is 3. The minimum atomic E-state index is -0.0438. The summed E-state index contributed by atoms with van der Waals surface area (Å²) in [6, 6.07) is 57.1. The third-order valence-corrected chi connectivity index (χ3v) is 10.3. The fourth-order valence-electron chi connectivity index (χ4n) is 8.12. The van der Waals surface area contributed by atoms with Crippen LogP contribution in [-0.2, 0) is 0 Å². The summed E-state index contributed by atoms with van der Waals surface area (Å²) in [5.74, 6) is 0. The van der Waals surface area contributed by atoms with Crippen molar-refractivity contribution in [3.63, 3.8) is 0 Å². The highest BCUT2D eigenvalue weighted by Crippen LogP contribution is 2.47. The zero-order chi connectivity index (χ0) is 31.3. The fourth-order valence-corrected chi connectivity index (χ4v) is 8.12. The Morgan fingerprint density at radius 3 is 2.08 bits per heavy atom. The van der Waals surface area contributed by atoms with Gasteiger partial charge in [0.05, 0.1) is 39.2 Å². The van der Waals surface area contributed by atoms with E-state index in [2.05, 4.69) is 172 Å². The number of anilines is 1. The van der Waals surface area contributed by atoms with Crippen molar-refractivity contribution in [3.8, 4) is 27.9 Å². The molecule has 224 valence electrons. The van der Waals surface area contributed by atoms with Crippen LogP contribution in [0.3, 0.4) is 0 Å². The van der Waals surface area contributed by atoms with Crippen LogP contribution in [0.1, 0.15) is 11.7 Å². The number of aromatic nitrogens is 2. The van der Waals surface area contributed by atoms with Gasteiger partial charge >= 0.3 is 0 Å². The van der Waals surface area contributed by atoms with Gasteiger partial charge in [-0.15, -0.1) is 0 Å². The second-order valence-electron chi connectivity index (χ2n) is 12.9. The summed E-state index contributed by atoms with van der Waals surface area (Å²) < 4.78 is 4.85. The topological polar surface area (TPSA) is 34.2 Å². The highest BCUT2D eigenvalue weighted by molar-refractivity contribution is 6.25. The van der Waals surface area contributed by atoms with Crippen molar-refractivity contribution in [2.75, 3.05) is 5.32 Å². The Kier molecular flexibility index (Phi) is 5.13. The SMILES string of the molecule is c1ccc(-c2ccc3c4cc(-c5cc6c7c(c5)c5ccccc5n7C5Nc7ccccc7N=C65)ccc4n(-c4ccccc4)c3c2)cc1. The predicted molar refractivity (Wildman–Crippen MR) is 200 cm³/mol. The minimum Gasteiger partial charge on any atom is -0.358 e. The molecule has 2 aliphatic heterocycles. The van der Waals surface area contributed by atoms with Gasteiger partial charge in [-0.1, -0.05) is 97.1 Å². The molecule has 7 aromatic carbocycles. The summed E-state index contributed by atoms with van der Waals surface area (Å²) in [5, 5.41) is 8.83. The molecular formula is C44H28N4. The molecule has 1 unspecified atom stereocenters. The summed E-state index contributed by atoms with van der Waals surface area (Å²) in [7, 11) is 0. The molecule has 0 bridgehead atoms. The van der Waals surface area contributed by atoms with Crippen LogP contribution < -0.4 is 5.32 Å².